The Morgan fingerprint density at radius 2 is 2.10 bits per heavy atom. The Kier molecular flexibility index (Phi) is 2.60. The zero-order valence-corrected chi connectivity index (χ0v) is 5.47. The third-order valence-corrected chi connectivity index (χ3v) is 1.04. The zero-order valence-electron chi connectivity index (χ0n) is 4.66. The van der Waals surface area contributed by atoms with E-state index >= 15 is 0 Å². The molecular formula is C2H4N4O3S. The van der Waals surface area contributed by atoms with Gasteiger partial charge in [-0.15, -0.1) is 4.83 Å². The molecular weight excluding hydrogens is 160 g/mol. The van der Waals surface area contributed by atoms with Crippen molar-refractivity contribution in [1.82, 2.24) is 10.3 Å². The van der Waals surface area contributed by atoms with Crippen LogP contribution in [-0.2, 0) is 10.0 Å². The molecule has 4 N–H and O–H groups in total. The molecule has 0 fully saturated rings. The van der Waals surface area contributed by atoms with Crippen LogP contribution in [0.5, 0.6) is 0 Å². The van der Waals surface area contributed by atoms with Crippen LogP contribution in [0.4, 0.5) is 4.79 Å². The summed E-state index contributed by atoms with van der Waals surface area (Å²) in [6, 6.07) is -1.08. The van der Waals surface area contributed by atoms with Crippen LogP contribution >= 0.6 is 0 Å². The van der Waals surface area contributed by atoms with Crippen molar-refractivity contribution in [3.8, 4) is 5.40 Å². The predicted octanol–water partition coefficient (Wildman–Crippen LogP) is -2.03. The molecule has 0 aliphatic heterocycles. The van der Waals surface area contributed by atoms with Gasteiger partial charge in [0.1, 0.15) is 0 Å². The lowest BCUT2D eigenvalue weighted by Crippen LogP contribution is -2.43. The van der Waals surface area contributed by atoms with E-state index in [0.717, 1.165) is 5.40 Å². The van der Waals surface area contributed by atoms with Gasteiger partial charge in [-0.3, -0.25) is 5.43 Å². The van der Waals surface area contributed by atoms with Gasteiger partial charge in [0.05, 0.1) is 0 Å². The quantitative estimate of drug-likeness (QED) is 0.247. The average molecular weight is 164 g/mol. The van der Waals surface area contributed by atoms with Crippen molar-refractivity contribution in [2.45, 2.75) is 0 Å². The molecule has 7 nitrogen and oxygen atoms in total. The van der Waals surface area contributed by atoms with Crippen LogP contribution in [0.25, 0.3) is 0 Å². The van der Waals surface area contributed by atoms with Crippen LogP contribution in [0.3, 0.4) is 0 Å². The maximum absolute atomic E-state index is 10.2. The molecule has 2 amide bonds. The smallest absolute Gasteiger partial charge is 0.327 e. The number of primary amides is 1. The summed E-state index contributed by atoms with van der Waals surface area (Å²) in [6.07, 6.45) is 0. The number of nitriles is 1. The highest BCUT2D eigenvalue weighted by atomic mass is 32.2. The van der Waals surface area contributed by atoms with Gasteiger partial charge in [0, 0.05) is 0 Å². The average Bonchev–Trinajstić information content (AvgIpc) is 1.85. The van der Waals surface area contributed by atoms with Crippen molar-refractivity contribution >= 4 is 16.1 Å². The van der Waals surface area contributed by atoms with E-state index in [1.54, 1.807) is 0 Å². The standard InChI is InChI=1S/C2H4N4O3S/c3-1-10(8,9)6-5-2(4)7/h6H,(H3,4,5,7). The highest BCUT2D eigenvalue weighted by Gasteiger charge is 2.06. The lowest BCUT2D eigenvalue weighted by Gasteiger charge is -1.96. The summed E-state index contributed by atoms with van der Waals surface area (Å²) >= 11 is 0. The second kappa shape index (κ2) is 3.00. The van der Waals surface area contributed by atoms with E-state index in [1.807, 2.05) is 0 Å². The fourth-order valence-corrected chi connectivity index (χ4v) is 0.421. The molecule has 10 heavy (non-hydrogen) atoms. The van der Waals surface area contributed by atoms with Gasteiger partial charge in [-0.05, 0) is 0 Å². The fourth-order valence-electron chi connectivity index (χ4n) is 0.140. The molecule has 56 valence electrons. The molecule has 0 aliphatic carbocycles. The van der Waals surface area contributed by atoms with Gasteiger partial charge in [0.2, 0.25) is 5.40 Å². The van der Waals surface area contributed by atoms with Crippen LogP contribution in [0, 0.1) is 10.7 Å². The summed E-state index contributed by atoms with van der Waals surface area (Å²) in [6.45, 7) is 0. The monoisotopic (exact) mass is 164 g/mol. The van der Waals surface area contributed by atoms with Gasteiger partial charge in [-0.2, -0.15) is 13.7 Å². The largest absolute Gasteiger partial charge is 0.351 e. The van der Waals surface area contributed by atoms with Gasteiger partial charge < -0.3 is 5.73 Å². The molecule has 0 aromatic heterocycles. The van der Waals surface area contributed by atoms with Crippen molar-refractivity contribution in [3.05, 3.63) is 0 Å². The molecule has 0 aromatic rings. The molecule has 0 bridgehead atoms. The number of thiocyanates is 1. The summed E-state index contributed by atoms with van der Waals surface area (Å²) in [5, 5.41) is 8.70. The number of hydrazine groups is 1. The van der Waals surface area contributed by atoms with Gasteiger partial charge >= 0.3 is 16.1 Å². The Balaban J connectivity index is 3.97. The van der Waals surface area contributed by atoms with Crippen LogP contribution in [0.1, 0.15) is 0 Å². The van der Waals surface area contributed by atoms with E-state index in [1.165, 1.54) is 10.3 Å². The van der Waals surface area contributed by atoms with E-state index in [4.69, 9.17) is 5.26 Å². The molecule has 0 spiro atoms. The number of hydrogen-bond donors (Lipinski definition) is 3. The summed E-state index contributed by atoms with van der Waals surface area (Å²) in [5.74, 6) is 0. The molecule has 0 heterocycles. The van der Waals surface area contributed by atoms with Gasteiger partial charge in [0.15, 0.2) is 0 Å². The zero-order chi connectivity index (χ0) is 8.20. The first-order chi connectivity index (χ1) is 4.48. The van der Waals surface area contributed by atoms with Crippen LogP contribution < -0.4 is 16.0 Å². The summed E-state index contributed by atoms with van der Waals surface area (Å²) in [7, 11) is -4.07. The predicted molar refractivity (Wildman–Crippen MR) is 30.4 cm³/mol. The second-order valence-corrected chi connectivity index (χ2v) is 2.58. The van der Waals surface area contributed by atoms with Gasteiger partial charge in [0.25, 0.3) is 0 Å². The molecule has 0 atom stereocenters. The molecule has 0 aliphatic rings. The number of rotatable bonds is 2. The number of hydrogen-bond acceptors (Lipinski definition) is 4. The normalized spacial score (nSPS) is 9.90. The van der Waals surface area contributed by atoms with Crippen molar-refractivity contribution < 1.29 is 13.2 Å². The van der Waals surface area contributed by atoms with Crippen LogP contribution in [-0.4, -0.2) is 14.4 Å². The van der Waals surface area contributed by atoms with E-state index in [-0.39, 0.29) is 0 Å². The van der Waals surface area contributed by atoms with Gasteiger partial charge in [-0.1, -0.05) is 0 Å². The highest BCUT2D eigenvalue weighted by Crippen LogP contribution is 1.71. The second-order valence-electron chi connectivity index (χ2n) is 1.19. The summed E-state index contributed by atoms with van der Waals surface area (Å²) in [4.78, 5) is 11.2. The third-order valence-electron chi connectivity index (χ3n) is 0.429. The summed E-state index contributed by atoms with van der Waals surface area (Å²) < 4.78 is 20.3. The Hall–Kier alpha value is -1.33. The van der Waals surface area contributed by atoms with E-state index in [9.17, 15) is 13.2 Å². The Morgan fingerprint density at radius 1 is 1.60 bits per heavy atom. The molecule has 8 heteroatoms. The van der Waals surface area contributed by atoms with Crippen molar-refractivity contribution in [2.75, 3.05) is 0 Å². The molecule has 0 saturated carbocycles. The number of nitrogens with one attached hydrogen (secondary N) is 2. The molecule has 0 rings (SSSR count). The Morgan fingerprint density at radius 3 is 2.40 bits per heavy atom. The number of nitrogens with zero attached hydrogens (tertiary/aromatic N) is 1. The molecule has 0 radical (unpaired) electrons. The summed E-state index contributed by atoms with van der Waals surface area (Å²) in [5.41, 5.74) is 5.98. The SMILES string of the molecule is N#CS(=O)(=O)NNC(N)=O. The first-order valence-corrected chi connectivity index (χ1v) is 3.44. The number of nitrogens with two attached hydrogens (primary N) is 1. The topological polar surface area (TPSA) is 125 Å². The molecule has 0 saturated heterocycles. The van der Waals surface area contributed by atoms with Crippen LogP contribution in [0.2, 0.25) is 0 Å². The number of urea groups is 1. The highest BCUT2D eigenvalue weighted by molar-refractivity contribution is 7.93. The van der Waals surface area contributed by atoms with Crippen molar-refractivity contribution in [3.63, 3.8) is 0 Å². The number of carbonyl (C=O) groups is 1. The van der Waals surface area contributed by atoms with Crippen molar-refractivity contribution in [1.29, 1.82) is 5.26 Å². The maximum atomic E-state index is 10.2. The molecule has 0 aromatic carbocycles. The maximum Gasteiger partial charge on any atom is 0.327 e. The number of amides is 2. The number of carbonyl (C=O) groups excluding carboxylic acids is 1. The first kappa shape index (κ1) is 8.67. The van der Waals surface area contributed by atoms with E-state index in [0.29, 0.717) is 0 Å². The Bertz CT molecular complexity index is 261. The third kappa shape index (κ3) is 3.65. The molecule has 0 unspecified atom stereocenters. The minimum atomic E-state index is -4.07. The van der Waals surface area contributed by atoms with E-state index in [2.05, 4.69) is 5.73 Å². The first-order valence-electron chi connectivity index (χ1n) is 1.96. The fraction of sp³-hybridized carbons (Fsp3) is 0. The van der Waals surface area contributed by atoms with Crippen LogP contribution in [0.15, 0.2) is 0 Å². The van der Waals surface area contributed by atoms with Crippen molar-refractivity contribution in [2.24, 2.45) is 5.73 Å². The Labute approximate surface area is 56.8 Å². The van der Waals surface area contributed by atoms with E-state index < -0.39 is 16.1 Å². The minimum absolute atomic E-state index is 0.888. The van der Waals surface area contributed by atoms with Gasteiger partial charge in [-0.25, -0.2) is 4.79 Å². The minimum Gasteiger partial charge on any atom is -0.351 e. The lowest BCUT2D eigenvalue weighted by atomic mass is 11.2. The number of sulfonamides is 1. The lowest BCUT2D eigenvalue weighted by molar-refractivity contribution is 0.247.